The van der Waals surface area contributed by atoms with Crippen LogP contribution in [-0.4, -0.2) is 41.3 Å². The number of hydrogen-bond donors (Lipinski definition) is 2. The van der Waals surface area contributed by atoms with Crippen LogP contribution in [-0.2, 0) is 0 Å². The zero-order chi connectivity index (χ0) is 13.0. The highest BCUT2D eigenvalue weighted by molar-refractivity contribution is 5.74. The minimum Gasteiger partial charge on any atom is -0.391 e. The van der Waals surface area contributed by atoms with Gasteiger partial charge >= 0.3 is 6.03 Å². The van der Waals surface area contributed by atoms with E-state index in [0.29, 0.717) is 12.6 Å². The molecule has 2 fully saturated rings. The number of amides is 2. The first-order valence-electron chi connectivity index (χ1n) is 7.42. The molecule has 2 N–H and O–H groups in total. The molecule has 4 nitrogen and oxygen atoms in total. The summed E-state index contributed by atoms with van der Waals surface area (Å²) in [5.41, 5.74) is 0. The van der Waals surface area contributed by atoms with Gasteiger partial charge in [-0.05, 0) is 44.4 Å². The number of aliphatic hydroxyl groups is 1. The molecule has 0 bridgehead atoms. The summed E-state index contributed by atoms with van der Waals surface area (Å²) in [6.07, 6.45) is 7.37. The van der Waals surface area contributed by atoms with Crippen molar-refractivity contribution in [3.63, 3.8) is 0 Å². The van der Waals surface area contributed by atoms with E-state index >= 15 is 0 Å². The molecule has 0 aromatic carbocycles. The molecule has 1 saturated heterocycles. The minimum atomic E-state index is -0.333. The second kappa shape index (κ2) is 6.41. The molecule has 104 valence electrons. The number of rotatable bonds is 2. The van der Waals surface area contributed by atoms with E-state index in [0.717, 1.165) is 38.1 Å². The number of nitrogens with zero attached hydrogens (tertiary/aromatic N) is 1. The fourth-order valence-electron chi connectivity index (χ4n) is 3.12. The second-order valence-electron chi connectivity index (χ2n) is 5.82. The van der Waals surface area contributed by atoms with Gasteiger partial charge in [-0.15, -0.1) is 0 Å². The lowest BCUT2D eigenvalue weighted by Crippen LogP contribution is -2.50. The third-order valence-electron chi connectivity index (χ3n) is 4.44. The van der Waals surface area contributed by atoms with Gasteiger partial charge in [-0.2, -0.15) is 0 Å². The number of β-amino-alcohol motifs (C(OH)–C–C–N with tert-alkyl or cyclic N) is 1. The standard InChI is InChI=1S/C14H26N2O2/c1-2-11-5-7-12(8-6-11)15-14(18)16-9-3-4-13(17)10-16/h11-13,17H,2-10H2,1H3,(H,15,18). The summed E-state index contributed by atoms with van der Waals surface area (Å²) in [4.78, 5) is 13.8. The van der Waals surface area contributed by atoms with Crippen LogP contribution in [0.5, 0.6) is 0 Å². The van der Waals surface area contributed by atoms with Crippen LogP contribution < -0.4 is 5.32 Å². The number of urea groups is 1. The molecule has 1 aliphatic carbocycles. The Morgan fingerprint density at radius 1 is 1.28 bits per heavy atom. The summed E-state index contributed by atoms with van der Waals surface area (Å²) in [5, 5.41) is 12.7. The molecule has 1 heterocycles. The number of likely N-dealkylation sites (tertiary alicyclic amines) is 1. The summed E-state index contributed by atoms with van der Waals surface area (Å²) in [6.45, 7) is 3.53. The third kappa shape index (κ3) is 3.61. The van der Waals surface area contributed by atoms with Crippen molar-refractivity contribution < 1.29 is 9.90 Å². The van der Waals surface area contributed by atoms with Crippen molar-refractivity contribution in [1.82, 2.24) is 10.2 Å². The average Bonchev–Trinajstić information content (AvgIpc) is 2.39. The van der Waals surface area contributed by atoms with Gasteiger partial charge in [0.05, 0.1) is 6.10 Å². The van der Waals surface area contributed by atoms with E-state index < -0.39 is 0 Å². The van der Waals surface area contributed by atoms with Gasteiger partial charge in [0.15, 0.2) is 0 Å². The van der Waals surface area contributed by atoms with Crippen molar-refractivity contribution in [2.75, 3.05) is 13.1 Å². The van der Waals surface area contributed by atoms with E-state index in [4.69, 9.17) is 0 Å². The minimum absolute atomic E-state index is 0.0219. The normalized spacial score (nSPS) is 33.2. The molecule has 0 spiro atoms. The Labute approximate surface area is 110 Å². The van der Waals surface area contributed by atoms with Crippen molar-refractivity contribution in [1.29, 1.82) is 0 Å². The first kappa shape index (κ1) is 13.7. The smallest absolute Gasteiger partial charge is 0.317 e. The highest BCUT2D eigenvalue weighted by atomic mass is 16.3. The maximum Gasteiger partial charge on any atom is 0.317 e. The first-order chi connectivity index (χ1) is 8.69. The number of piperidine rings is 1. The summed E-state index contributed by atoms with van der Waals surface area (Å²) in [7, 11) is 0. The predicted molar refractivity (Wildman–Crippen MR) is 71.4 cm³/mol. The van der Waals surface area contributed by atoms with Gasteiger partial charge in [0.1, 0.15) is 0 Å². The molecule has 0 aromatic heterocycles. The number of carbonyl (C=O) groups excluding carboxylic acids is 1. The largest absolute Gasteiger partial charge is 0.391 e. The molecule has 0 aromatic rings. The van der Waals surface area contributed by atoms with Gasteiger partial charge in [-0.1, -0.05) is 13.3 Å². The molecule has 1 unspecified atom stereocenters. The molecule has 2 aliphatic rings. The lowest BCUT2D eigenvalue weighted by Gasteiger charge is -2.34. The Morgan fingerprint density at radius 3 is 2.61 bits per heavy atom. The molecule has 18 heavy (non-hydrogen) atoms. The zero-order valence-electron chi connectivity index (χ0n) is 11.4. The van der Waals surface area contributed by atoms with Crippen LogP contribution in [0.2, 0.25) is 0 Å². The summed E-state index contributed by atoms with van der Waals surface area (Å²) in [5.74, 6) is 0.856. The van der Waals surface area contributed by atoms with E-state index in [9.17, 15) is 9.90 Å². The highest BCUT2D eigenvalue weighted by Crippen LogP contribution is 2.26. The molecule has 0 radical (unpaired) electrons. The van der Waals surface area contributed by atoms with Crippen LogP contribution in [0.1, 0.15) is 51.9 Å². The van der Waals surface area contributed by atoms with Crippen molar-refractivity contribution in [3.8, 4) is 0 Å². The molecule has 1 saturated carbocycles. The van der Waals surface area contributed by atoms with Gasteiger partial charge < -0.3 is 15.3 Å². The van der Waals surface area contributed by atoms with E-state index in [1.165, 1.54) is 19.3 Å². The number of hydrogen-bond acceptors (Lipinski definition) is 2. The van der Waals surface area contributed by atoms with Crippen molar-refractivity contribution in [2.45, 2.75) is 64.0 Å². The molecular weight excluding hydrogens is 228 g/mol. The Morgan fingerprint density at radius 2 is 2.00 bits per heavy atom. The Bertz CT molecular complexity index is 275. The van der Waals surface area contributed by atoms with Crippen LogP contribution in [0.15, 0.2) is 0 Å². The van der Waals surface area contributed by atoms with Crippen LogP contribution in [0.4, 0.5) is 4.79 Å². The van der Waals surface area contributed by atoms with E-state index in [-0.39, 0.29) is 12.1 Å². The van der Waals surface area contributed by atoms with Gasteiger partial charge in [0, 0.05) is 19.1 Å². The van der Waals surface area contributed by atoms with Crippen LogP contribution in [0, 0.1) is 5.92 Å². The summed E-state index contributed by atoms with van der Waals surface area (Å²) < 4.78 is 0. The van der Waals surface area contributed by atoms with Crippen LogP contribution >= 0.6 is 0 Å². The van der Waals surface area contributed by atoms with Crippen LogP contribution in [0.3, 0.4) is 0 Å². The highest BCUT2D eigenvalue weighted by Gasteiger charge is 2.26. The van der Waals surface area contributed by atoms with Crippen molar-refractivity contribution >= 4 is 6.03 Å². The number of aliphatic hydroxyl groups excluding tert-OH is 1. The quantitative estimate of drug-likeness (QED) is 0.793. The number of carbonyl (C=O) groups is 1. The Hall–Kier alpha value is -0.770. The fraction of sp³-hybridized carbons (Fsp3) is 0.929. The van der Waals surface area contributed by atoms with Gasteiger partial charge in [-0.25, -0.2) is 4.79 Å². The van der Waals surface area contributed by atoms with E-state index in [1.807, 2.05) is 0 Å². The molecule has 4 heteroatoms. The molecule has 2 amide bonds. The second-order valence-corrected chi connectivity index (χ2v) is 5.82. The lowest BCUT2D eigenvalue weighted by atomic mass is 9.84. The van der Waals surface area contributed by atoms with Crippen molar-refractivity contribution in [2.24, 2.45) is 5.92 Å². The maximum atomic E-state index is 12.1. The van der Waals surface area contributed by atoms with Crippen molar-refractivity contribution in [3.05, 3.63) is 0 Å². The Kier molecular flexibility index (Phi) is 4.87. The SMILES string of the molecule is CCC1CCC(NC(=O)N2CCCC(O)C2)CC1. The molecule has 2 rings (SSSR count). The van der Waals surface area contributed by atoms with Gasteiger partial charge in [-0.3, -0.25) is 0 Å². The van der Waals surface area contributed by atoms with Crippen LogP contribution in [0.25, 0.3) is 0 Å². The maximum absolute atomic E-state index is 12.1. The summed E-state index contributed by atoms with van der Waals surface area (Å²) >= 11 is 0. The molecule has 1 atom stereocenters. The van der Waals surface area contributed by atoms with Gasteiger partial charge in [0.25, 0.3) is 0 Å². The van der Waals surface area contributed by atoms with E-state index in [1.54, 1.807) is 4.90 Å². The molecular formula is C14H26N2O2. The first-order valence-corrected chi connectivity index (χ1v) is 7.42. The fourth-order valence-corrected chi connectivity index (χ4v) is 3.12. The molecule has 1 aliphatic heterocycles. The van der Waals surface area contributed by atoms with Gasteiger partial charge in [0.2, 0.25) is 0 Å². The topological polar surface area (TPSA) is 52.6 Å². The number of nitrogens with one attached hydrogen (secondary N) is 1. The zero-order valence-corrected chi connectivity index (χ0v) is 11.4. The predicted octanol–water partition coefficient (Wildman–Crippen LogP) is 2.12. The Balaban J connectivity index is 1.74. The van der Waals surface area contributed by atoms with E-state index in [2.05, 4.69) is 12.2 Å². The average molecular weight is 254 g/mol. The third-order valence-corrected chi connectivity index (χ3v) is 4.44. The monoisotopic (exact) mass is 254 g/mol. The lowest BCUT2D eigenvalue weighted by molar-refractivity contribution is 0.0824. The summed E-state index contributed by atoms with van der Waals surface area (Å²) in [6, 6.07) is 0.369.